The maximum Gasteiger partial charge on any atom is 0.163 e. The van der Waals surface area contributed by atoms with E-state index >= 15 is 0 Å². The summed E-state index contributed by atoms with van der Waals surface area (Å²) in [6, 6.07) is 17.0. The molecule has 2 nitrogen and oxygen atoms in total. The van der Waals surface area contributed by atoms with Gasteiger partial charge in [-0.3, -0.25) is 4.79 Å². The first kappa shape index (κ1) is 15.6. The zero-order chi connectivity index (χ0) is 15.1. The topological polar surface area (TPSA) is 26.3 Å². The maximum absolute atomic E-state index is 12.0. The van der Waals surface area contributed by atoms with Gasteiger partial charge in [0.2, 0.25) is 0 Å². The average Bonchev–Trinajstić information content (AvgIpc) is 2.48. The van der Waals surface area contributed by atoms with Crippen LogP contribution in [0.3, 0.4) is 0 Å². The molecule has 0 saturated heterocycles. The molecule has 0 aliphatic rings. The van der Waals surface area contributed by atoms with E-state index in [1.165, 1.54) is 0 Å². The van der Waals surface area contributed by atoms with Crippen LogP contribution in [-0.2, 0) is 0 Å². The first-order valence-corrected chi connectivity index (χ1v) is 8.18. The summed E-state index contributed by atoms with van der Waals surface area (Å²) in [4.78, 5) is 12.0. The van der Waals surface area contributed by atoms with Crippen LogP contribution in [0.1, 0.15) is 30.6 Å². The summed E-state index contributed by atoms with van der Waals surface area (Å²) in [7, 11) is 0. The minimum atomic E-state index is 0.189. The van der Waals surface area contributed by atoms with Crippen LogP contribution in [-0.4, -0.2) is 16.8 Å². The molecular formula is C18H20O2S. The summed E-state index contributed by atoms with van der Waals surface area (Å²) in [5.41, 5.74) is 0.750. The fourth-order valence-corrected chi connectivity index (χ4v) is 2.64. The summed E-state index contributed by atoms with van der Waals surface area (Å²) in [6.45, 7) is 4.29. The van der Waals surface area contributed by atoms with Crippen molar-refractivity contribution in [2.45, 2.75) is 25.5 Å². The van der Waals surface area contributed by atoms with Gasteiger partial charge in [-0.2, -0.15) is 11.8 Å². The summed E-state index contributed by atoms with van der Waals surface area (Å²) < 4.78 is 5.71. The van der Waals surface area contributed by atoms with Crippen LogP contribution in [0.4, 0.5) is 0 Å². The zero-order valence-corrected chi connectivity index (χ0v) is 13.2. The molecule has 0 aromatic heterocycles. The molecule has 0 spiro atoms. The second kappa shape index (κ2) is 7.89. The molecule has 2 rings (SSSR count). The Bertz CT molecular complexity index is 562. The van der Waals surface area contributed by atoms with E-state index in [1.807, 2.05) is 66.4 Å². The Morgan fingerprint density at radius 2 is 1.62 bits per heavy atom. The molecule has 0 heterocycles. The molecule has 0 bridgehead atoms. The van der Waals surface area contributed by atoms with Crippen molar-refractivity contribution in [3.05, 3.63) is 60.2 Å². The average molecular weight is 300 g/mol. The molecule has 2 aromatic rings. The number of thioether (sulfide) groups is 1. The van der Waals surface area contributed by atoms with Gasteiger partial charge in [0.25, 0.3) is 0 Å². The van der Waals surface area contributed by atoms with Crippen molar-refractivity contribution in [1.82, 2.24) is 0 Å². The van der Waals surface area contributed by atoms with Gasteiger partial charge in [0.05, 0.1) is 0 Å². The Kier molecular flexibility index (Phi) is 5.88. The number of benzene rings is 2. The van der Waals surface area contributed by atoms with Crippen molar-refractivity contribution >= 4 is 17.5 Å². The molecule has 0 saturated carbocycles. The van der Waals surface area contributed by atoms with E-state index in [9.17, 15) is 4.79 Å². The summed E-state index contributed by atoms with van der Waals surface area (Å²) in [5, 5.41) is 0.569. The molecule has 21 heavy (non-hydrogen) atoms. The van der Waals surface area contributed by atoms with Gasteiger partial charge in [0.15, 0.2) is 5.78 Å². The predicted octanol–water partition coefficient (Wildman–Crippen LogP) is 5.19. The Labute approximate surface area is 130 Å². The smallest absolute Gasteiger partial charge is 0.163 e. The highest BCUT2D eigenvalue weighted by Crippen LogP contribution is 2.22. The lowest BCUT2D eigenvalue weighted by Crippen LogP contribution is -2.02. The fraction of sp³-hybridized carbons (Fsp3) is 0.278. The fourth-order valence-electron chi connectivity index (χ4n) is 1.87. The number of para-hydroxylation sites is 1. The molecule has 0 amide bonds. The van der Waals surface area contributed by atoms with Gasteiger partial charge in [0.1, 0.15) is 11.5 Å². The Morgan fingerprint density at radius 3 is 2.24 bits per heavy atom. The van der Waals surface area contributed by atoms with Crippen LogP contribution >= 0.6 is 11.8 Å². The van der Waals surface area contributed by atoms with Crippen molar-refractivity contribution in [2.75, 3.05) is 5.75 Å². The number of carbonyl (C=O) groups is 1. The van der Waals surface area contributed by atoms with Crippen molar-refractivity contribution < 1.29 is 9.53 Å². The Balaban J connectivity index is 1.91. The van der Waals surface area contributed by atoms with Gasteiger partial charge in [-0.15, -0.1) is 0 Å². The van der Waals surface area contributed by atoms with Crippen LogP contribution in [0.25, 0.3) is 0 Å². The molecule has 0 atom stereocenters. The quantitative estimate of drug-likeness (QED) is 0.658. The van der Waals surface area contributed by atoms with Crippen molar-refractivity contribution in [2.24, 2.45) is 0 Å². The van der Waals surface area contributed by atoms with Gasteiger partial charge >= 0.3 is 0 Å². The lowest BCUT2D eigenvalue weighted by atomic mass is 10.1. The zero-order valence-electron chi connectivity index (χ0n) is 12.4. The molecule has 0 unspecified atom stereocenters. The van der Waals surface area contributed by atoms with E-state index in [0.29, 0.717) is 11.7 Å². The van der Waals surface area contributed by atoms with E-state index in [2.05, 4.69) is 13.8 Å². The highest BCUT2D eigenvalue weighted by atomic mass is 32.2. The number of rotatable bonds is 7. The maximum atomic E-state index is 12.0. The largest absolute Gasteiger partial charge is 0.457 e. The van der Waals surface area contributed by atoms with E-state index in [0.717, 1.165) is 22.8 Å². The molecule has 0 radical (unpaired) electrons. The van der Waals surface area contributed by atoms with Gasteiger partial charge in [-0.05, 0) is 41.6 Å². The van der Waals surface area contributed by atoms with Gasteiger partial charge in [0, 0.05) is 17.7 Å². The van der Waals surface area contributed by atoms with Crippen LogP contribution in [0.5, 0.6) is 11.5 Å². The summed E-state index contributed by atoms with van der Waals surface area (Å²) in [6.07, 6.45) is 0.585. The molecule has 0 aliphatic heterocycles. The molecule has 110 valence electrons. The van der Waals surface area contributed by atoms with E-state index in [1.54, 1.807) is 0 Å². The summed E-state index contributed by atoms with van der Waals surface area (Å²) in [5.74, 6) is 2.60. The van der Waals surface area contributed by atoms with Gasteiger partial charge in [-0.25, -0.2) is 0 Å². The second-order valence-corrected chi connectivity index (χ2v) is 6.72. The first-order valence-electron chi connectivity index (χ1n) is 7.13. The number of Topliss-reactive ketones (excluding diaryl/α,β-unsaturated/α-hetero) is 1. The van der Waals surface area contributed by atoms with Gasteiger partial charge < -0.3 is 4.74 Å². The number of ketones is 1. The van der Waals surface area contributed by atoms with Crippen molar-refractivity contribution in [1.29, 1.82) is 0 Å². The third-order valence-electron chi connectivity index (χ3n) is 2.94. The molecule has 3 heteroatoms. The number of hydrogen-bond donors (Lipinski definition) is 0. The van der Waals surface area contributed by atoms with Gasteiger partial charge in [-0.1, -0.05) is 32.0 Å². The molecule has 0 fully saturated rings. The van der Waals surface area contributed by atoms with Crippen LogP contribution in [0.15, 0.2) is 54.6 Å². The molecule has 2 aromatic carbocycles. The SMILES string of the molecule is CC(C)SCCC(=O)c1ccc(Oc2ccccc2)cc1. The molecular weight excluding hydrogens is 280 g/mol. The highest BCUT2D eigenvalue weighted by Gasteiger charge is 2.07. The van der Waals surface area contributed by atoms with Crippen LogP contribution < -0.4 is 4.74 Å². The minimum Gasteiger partial charge on any atom is -0.457 e. The van der Waals surface area contributed by atoms with E-state index in [4.69, 9.17) is 4.74 Å². The second-order valence-electron chi connectivity index (χ2n) is 5.03. The lowest BCUT2D eigenvalue weighted by molar-refractivity contribution is 0.0989. The van der Waals surface area contributed by atoms with Crippen molar-refractivity contribution in [3.63, 3.8) is 0 Å². The first-order chi connectivity index (χ1) is 10.1. The van der Waals surface area contributed by atoms with Crippen molar-refractivity contribution in [3.8, 4) is 11.5 Å². The Hall–Kier alpha value is -1.74. The Morgan fingerprint density at radius 1 is 1.00 bits per heavy atom. The number of ether oxygens (including phenoxy) is 1. The third kappa shape index (κ3) is 5.27. The van der Waals surface area contributed by atoms with E-state index in [-0.39, 0.29) is 5.78 Å². The lowest BCUT2D eigenvalue weighted by Gasteiger charge is -2.07. The monoisotopic (exact) mass is 300 g/mol. The van der Waals surface area contributed by atoms with Crippen LogP contribution in [0.2, 0.25) is 0 Å². The van der Waals surface area contributed by atoms with Crippen LogP contribution in [0, 0.1) is 0 Å². The van der Waals surface area contributed by atoms with E-state index < -0.39 is 0 Å². The molecule has 0 aliphatic carbocycles. The third-order valence-corrected chi connectivity index (χ3v) is 4.04. The number of hydrogen-bond acceptors (Lipinski definition) is 3. The predicted molar refractivity (Wildman–Crippen MR) is 89.5 cm³/mol. The molecule has 0 N–H and O–H groups in total. The standard InChI is InChI=1S/C18H20O2S/c1-14(2)21-13-12-18(19)15-8-10-17(11-9-15)20-16-6-4-3-5-7-16/h3-11,14H,12-13H2,1-2H3. The highest BCUT2D eigenvalue weighted by molar-refractivity contribution is 7.99. The summed E-state index contributed by atoms with van der Waals surface area (Å²) >= 11 is 1.81. The minimum absolute atomic E-state index is 0.189. The number of carbonyl (C=O) groups excluding carboxylic acids is 1. The normalized spacial score (nSPS) is 10.6.